The van der Waals surface area contributed by atoms with E-state index in [2.05, 4.69) is 6.92 Å². The molecule has 0 amide bonds. The van der Waals surface area contributed by atoms with Crippen molar-refractivity contribution < 1.29 is 13.0 Å². The molecule has 0 unspecified atom stereocenters. The van der Waals surface area contributed by atoms with Crippen LogP contribution in [0.15, 0.2) is 17.0 Å². The van der Waals surface area contributed by atoms with Crippen LogP contribution in [-0.4, -0.2) is 13.0 Å². The highest BCUT2D eigenvalue weighted by Crippen LogP contribution is 2.33. The van der Waals surface area contributed by atoms with Crippen molar-refractivity contribution in [1.82, 2.24) is 0 Å². The zero-order chi connectivity index (χ0) is 12.5. The number of unbranched alkanes of at least 4 members (excludes halogenated alkanes) is 1. The molecule has 1 aromatic carbocycles. The van der Waals surface area contributed by atoms with Gasteiger partial charge >= 0.3 is 0 Å². The molecule has 0 saturated heterocycles. The van der Waals surface area contributed by atoms with E-state index in [0.29, 0.717) is 6.42 Å². The average molecular weight is 272 g/mol. The third kappa shape index (κ3) is 2.84. The van der Waals surface area contributed by atoms with E-state index in [4.69, 9.17) is 0 Å². The summed E-state index contributed by atoms with van der Waals surface area (Å²) in [5, 5.41) is 0. The Bertz CT molecular complexity index is 521. The van der Waals surface area contributed by atoms with E-state index in [1.807, 2.05) is 6.07 Å². The molecule has 1 aromatic rings. The lowest BCUT2D eigenvalue weighted by Crippen LogP contribution is -2.05. The van der Waals surface area contributed by atoms with E-state index in [-0.39, 0.29) is 4.90 Å². The minimum atomic E-state index is -4.09. The molecule has 0 bridgehead atoms. The van der Waals surface area contributed by atoms with Gasteiger partial charge in [0, 0.05) is 11.5 Å². The molecule has 0 spiro atoms. The zero-order valence-corrected chi connectivity index (χ0v) is 11.4. The standard InChI is InChI=1S/C12H16O3S2/c1-2-3-4-9-5-10-7-16-8-11(10)6-12(9)17(13,14)15/h5-6H,2-4,7-8H2,1H3,(H,13,14,15). The van der Waals surface area contributed by atoms with Crippen molar-refractivity contribution >= 4 is 21.9 Å². The second kappa shape index (κ2) is 5.00. The molecular weight excluding hydrogens is 256 g/mol. The molecule has 0 atom stereocenters. The van der Waals surface area contributed by atoms with Crippen LogP contribution in [0.3, 0.4) is 0 Å². The maximum Gasteiger partial charge on any atom is 0.294 e. The predicted molar refractivity (Wildman–Crippen MR) is 69.9 cm³/mol. The highest BCUT2D eigenvalue weighted by molar-refractivity contribution is 7.98. The lowest BCUT2D eigenvalue weighted by molar-refractivity contribution is 0.481. The van der Waals surface area contributed by atoms with Crippen molar-refractivity contribution in [3.63, 3.8) is 0 Å². The van der Waals surface area contributed by atoms with Crippen LogP contribution in [0.4, 0.5) is 0 Å². The monoisotopic (exact) mass is 272 g/mol. The van der Waals surface area contributed by atoms with E-state index >= 15 is 0 Å². The summed E-state index contributed by atoms with van der Waals surface area (Å²) in [6.07, 6.45) is 2.66. The van der Waals surface area contributed by atoms with Crippen LogP contribution in [-0.2, 0) is 28.0 Å². The second-order valence-corrected chi connectivity index (χ2v) is 6.68. The van der Waals surface area contributed by atoms with Gasteiger partial charge in [-0.3, -0.25) is 4.55 Å². The molecule has 3 nitrogen and oxygen atoms in total. The van der Waals surface area contributed by atoms with Crippen LogP contribution < -0.4 is 0 Å². The van der Waals surface area contributed by atoms with Crippen LogP contribution in [0.1, 0.15) is 36.5 Å². The molecule has 0 fully saturated rings. The number of hydrogen-bond acceptors (Lipinski definition) is 3. The smallest absolute Gasteiger partial charge is 0.282 e. The number of rotatable bonds is 4. The fraction of sp³-hybridized carbons (Fsp3) is 0.500. The summed E-state index contributed by atoms with van der Waals surface area (Å²) >= 11 is 1.78. The number of benzene rings is 1. The van der Waals surface area contributed by atoms with Crippen LogP contribution in [0.25, 0.3) is 0 Å². The van der Waals surface area contributed by atoms with E-state index in [1.54, 1.807) is 17.8 Å². The summed E-state index contributed by atoms with van der Waals surface area (Å²) < 4.78 is 32.0. The topological polar surface area (TPSA) is 54.4 Å². The molecule has 1 N–H and O–H groups in total. The second-order valence-electron chi connectivity index (χ2n) is 4.30. The molecule has 0 aromatic heterocycles. The number of thioether (sulfide) groups is 1. The van der Waals surface area contributed by atoms with Gasteiger partial charge in [-0.15, -0.1) is 0 Å². The fourth-order valence-corrected chi connectivity index (χ4v) is 3.92. The number of fused-ring (bicyclic) bond motifs is 1. The van der Waals surface area contributed by atoms with Crippen LogP contribution in [0.2, 0.25) is 0 Å². The molecule has 1 aliphatic rings. The van der Waals surface area contributed by atoms with Crippen LogP contribution in [0.5, 0.6) is 0 Å². The third-order valence-electron chi connectivity index (χ3n) is 2.98. The zero-order valence-electron chi connectivity index (χ0n) is 9.77. The highest BCUT2D eigenvalue weighted by atomic mass is 32.2. The quantitative estimate of drug-likeness (QED) is 0.856. The molecule has 2 rings (SSSR count). The van der Waals surface area contributed by atoms with Gasteiger partial charge in [0.15, 0.2) is 0 Å². The molecular formula is C12H16O3S2. The SMILES string of the molecule is CCCCc1cc2c(cc1S(=O)(=O)O)CSC2. The Morgan fingerprint density at radius 2 is 1.94 bits per heavy atom. The molecule has 94 valence electrons. The first-order chi connectivity index (χ1) is 8.02. The van der Waals surface area contributed by atoms with Gasteiger partial charge < -0.3 is 0 Å². The van der Waals surface area contributed by atoms with Crippen LogP contribution in [0, 0.1) is 0 Å². The van der Waals surface area contributed by atoms with E-state index in [9.17, 15) is 13.0 Å². The van der Waals surface area contributed by atoms with Gasteiger partial charge in [0.25, 0.3) is 10.1 Å². The Balaban J connectivity index is 2.47. The van der Waals surface area contributed by atoms with Gasteiger partial charge in [-0.25, -0.2) is 0 Å². The Labute approximate surface area is 106 Å². The van der Waals surface area contributed by atoms with Crippen molar-refractivity contribution in [1.29, 1.82) is 0 Å². The normalized spacial score (nSPS) is 14.9. The Morgan fingerprint density at radius 3 is 2.53 bits per heavy atom. The summed E-state index contributed by atoms with van der Waals surface area (Å²) in [4.78, 5) is 0.104. The fourth-order valence-electron chi connectivity index (χ4n) is 2.06. The molecule has 0 aliphatic carbocycles. The summed E-state index contributed by atoms with van der Waals surface area (Å²) in [6.45, 7) is 2.07. The van der Waals surface area contributed by atoms with Crippen molar-refractivity contribution in [2.24, 2.45) is 0 Å². The highest BCUT2D eigenvalue weighted by Gasteiger charge is 2.20. The number of hydrogen-bond donors (Lipinski definition) is 1. The molecule has 5 heteroatoms. The first-order valence-corrected chi connectivity index (χ1v) is 8.31. The lowest BCUT2D eigenvalue weighted by Gasteiger charge is -2.09. The predicted octanol–water partition coefficient (Wildman–Crippen LogP) is 3.02. The van der Waals surface area contributed by atoms with Crippen molar-refractivity contribution in [3.8, 4) is 0 Å². The minimum absolute atomic E-state index is 0.104. The van der Waals surface area contributed by atoms with E-state index < -0.39 is 10.1 Å². The molecule has 1 heterocycles. The third-order valence-corrected chi connectivity index (χ3v) is 4.94. The summed E-state index contributed by atoms with van der Waals surface area (Å²) in [7, 11) is -4.09. The summed E-state index contributed by atoms with van der Waals surface area (Å²) in [5.74, 6) is 1.78. The van der Waals surface area contributed by atoms with Gasteiger partial charge in [0.05, 0.1) is 4.90 Å². The first kappa shape index (κ1) is 12.9. The summed E-state index contributed by atoms with van der Waals surface area (Å²) in [5.41, 5.74) is 3.02. The molecule has 17 heavy (non-hydrogen) atoms. The summed E-state index contributed by atoms with van der Waals surface area (Å²) in [6, 6.07) is 3.60. The van der Waals surface area contributed by atoms with Gasteiger partial charge in [-0.05, 0) is 35.6 Å². The van der Waals surface area contributed by atoms with Gasteiger partial charge in [0.1, 0.15) is 0 Å². The molecule has 0 saturated carbocycles. The minimum Gasteiger partial charge on any atom is -0.282 e. The first-order valence-electron chi connectivity index (χ1n) is 5.72. The van der Waals surface area contributed by atoms with Crippen LogP contribution >= 0.6 is 11.8 Å². The van der Waals surface area contributed by atoms with E-state index in [0.717, 1.165) is 35.5 Å². The molecule has 1 aliphatic heterocycles. The van der Waals surface area contributed by atoms with Gasteiger partial charge in [-0.2, -0.15) is 20.2 Å². The van der Waals surface area contributed by atoms with Gasteiger partial charge in [-0.1, -0.05) is 19.4 Å². The van der Waals surface area contributed by atoms with Crippen molar-refractivity contribution in [2.45, 2.75) is 42.6 Å². The molecule has 0 radical (unpaired) electrons. The number of aryl methyl sites for hydroxylation is 1. The largest absolute Gasteiger partial charge is 0.294 e. The van der Waals surface area contributed by atoms with Crippen molar-refractivity contribution in [2.75, 3.05) is 0 Å². The average Bonchev–Trinajstić information content (AvgIpc) is 2.70. The Morgan fingerprint density at radius 1 is 1.29 bits per heavy atom. The Hall–Kier alpha value is -0.520. The Kier molecular flexibility index (Phi) is 3.80. The maximum absolute atomic E-state index is 11.4. The lowest BCUT2D eigenvalue weighted by atomic mass is 10.0. The van der Waals surface area contributed by atoms with E-state index in [1.165, 1.54) is 5.56 Å². The van der Waals surface area contributed by atoms with Crippen molar-refractivity contribution in [3.05, 3.63) is 28.8 Å². The maximum atomic E-state index is 11.4. The van der Waals surface area contributed by atoms with Gasteiger partial charge in [0.2, 0.25) is 0 Å².